The number of hydrogen-bond acceptors (Lipinski definition) is 4. The van der Waals surface area contributed by atoms with E-state index in [2.05, 4.69) is 0 Å². The zero-order valence-electron chi connectivity index (χ0n) is 13.4. The van der Waals surface area contributed by atoms with E-state index in [-0.39, 0.29) is 12.5 Å². The van der Waals surface area contributed by atoms with Crippen LogP contribution in [0.1, 0.15) is 26.3 Å². The van der Waals surface area contributed by atoms with Crippen LogP contribution < -0.4 is 4.74 Å². The lowest BCUT2D eigenvalue weighted by Crippen LogP contribution is -2.43. The number of carbonyl (C=O) groups is 2. The van der Waals surface area contributed by atoms with E-state index in [0.29, 0.717) is 23.9 Å². The second-order valence-electron chi connectivity index (χ2n) is 4.83. The number of benzene rings is 1. The third-order valence-corrected chi connectivity index (χ3v) is 3.34. The van der Waals surface area contributed by atoms with Crippen LogP contribution in [0.2, 0.25) is 5.02 Å². The van der Waals surface area contributed by atoms with Gasteiger partial charge in [-0.2, -0.15) is 0 Å². The van der Waals surface area contributed by atoms with Gasteiger partial charge in [-0.15, -0.1) is 0 Å². The van der Waals surface area contributed by atoms with E-state index in [1.54, 1.807) is 39.0 Å². The molecule has 0 heterocycles. The SMILES string of the molecule is CCOC(=O)CN(CC)C(=O)C(C)Oc1ccc(Cl)cc1C. The van der Waals surface area contributed by atoms with Crippen LogP contribution in [-0.2, 0) is 14.3 Å². The number of hydrogen-bond donors (Lipinski definition) is 0. The fourth-order valence-electron chi connectivity index (χ4n) is 1.95. The molecule has 0 aliphatic rings. The molecule has 1 unspecified atom stereocenters. The predicted molar refractivity (Wildman–Crippen MR) is 85.2 cm³/mol. The van der Waals surface area contributed by atoms with Gasteiger partial charge in [-0.05, 0) is 51.5 Å². The maximum Gasteiger partial charge on any atom is 0.325 e. The Morgan fingerprint density at radius 1 is 1.32 bits per heavy atom. The summed E-state index contributed by atoms with van der Waals surface area (Å²) in [4.78, 5) is 25.3. The molecule has 0 aromatic heterocycles. The topological polar surface area (TPSA) is 55.8 Å². The van der Waals surface area contributed by atoms with Crippen LogP contribution in [0.4, 0.5) is 0 Å². The molecule has 1 rings (SSSR count). The summed E-state index contributed by atoms with van der Waals surface area (Å²) in [5.74, 6) is -0.0880. The van der Waals surface area contributed by atoms with Gasteiger partial charge in [0.05, 0.1) is 6.61 Å². The van der Waals surface area contributed by atoms with Crippen molar-refractivity contribution in [3.63, 3.8) is 0 Å². The van der Waals surface area contributed by atoms with Crippen molar-refractivity contribution in [1.82, 2.24) is 4.90 Å². The molecular weight excluding hydrogens is 306 g/mol. The van der Waals surface area contributed by atoms with E-state index in [4.69, 9.17) is 21.1 Å². The summed E-state index contributed by atoms with van der Waals surface area (Å²) in [7, 11) is 0. The van der Waals surface area contributed by atoms with Crippen molar-refractivity contribution in [2.75, 3.05) is 19.7 Å². The van der Waals surface area contributed by atoms with Crippen molar-refractivity contribution < 1.29 is 19.1 Å². The van der Waals surface area contributed by atoms with Crippen LogP contribution in [-0.4, -0.2) is 42.6 Å². The van der Waals surface area contributed by atoms with Crippen LogP contribution in [0, 0.1) is 6.92 Å². The molecule has 0 aliphatic carbocycles. The highest BCUT2D eigenvalue weighted by Gasteiger charge is 2.23. The lowest BCUT2D eigenvalue weighted by Gasteiger charge is -2.24. The van der Waals surface area contributed by atoms with Gasteiger partial charge >= 0.3 is 5.97 Å². The molecule has 0 spiro atoms. The van der Waals surface area contributed by atoms with E-state index >= 15 is 0 Å². The standard InChI is InChI=1S/C16H22ClNO4/c1-5-18(10-15(19)21-6-2)16(20)12(4)22-14-8-7-13(17)9-11(14)3/h7-9,12H,5-6,10H2,1-4H3. The van der Waals surface area contributed by atoms with Gasteiger partial charge in [0.15, 0.2) is 6.10 Å². The number of likely N-dealkylation sites (N-methyl/N-ethyl adjacent to an activating group) is 1. The number of carbonyl (C=O) groups excluding carboxylic acids is 2. The summed E-state index contributed by atoms with van der Waals surface area (Å²) in [6, 6.07) is 5.20. The fraction of sp³-hybridized carbons (Fsp3) is 0.500. The Morgan fingerprint density at radius 2 is 2.00 bits per heavy atom. The predicted octanol–water partition coefficient (Wildman–Crippen LogP) is 2.83. The first-order valence-electron chi connectivity index (χ1n) is 7.26. The maximum absolute atomic E-state index is 12.4. The molecule has 0 saturated heterocycles. The van der Waals surface area contributed by atoms with E-state index < -0.39 is 12.1 Å². The van der Waals surface area contributed by atoms with Crippen molar-refractivity contribution in [2.45, 2.75) is 33.8 Å². The number of ether oxygens (including phenoxy) is 2. The zero-order valence-corrected chi connectivity index (χ0v) is 14.1. The molecule has 122 valence electrons. The highest BCUT2D eigenvalue weighted by molar-refractivity contribution is 6.30. The molecule has 1 atom stereocenters. The van der Waals surface area contributed by atoms with Crippen molar-refractivity contribution in [3.8, 4) is 5.75 Å². The van der Waals surface area contributed by atoms with Crippen LogP contribution >= 0.6 is 11.6 Å². The van der Waals surface area contributed by atoms with Crippen molar-refractivity contribution >= 4 is 23.5 Å². The van der Waals surface area contributed by atoms with Crippen molar-refractivity contribution in [3.05, 3.63) is 28.8 Å². The second-order valence-corrected chi connectivity index (χ2v) is 5.26. The molecule has 1 aromatic rings. The van der Waals surface area contributed by atoms with Gasteiger partial charge in [0.2, 0.25) is 0 Å². The smallest absolute Gasteiger partial charge is 0.325 e. The van der Waals surface area contributed by atoms with Crippen LogP contribution in [0.3, 0.4) is 0 Å². The molecule has 0 aliphatic heterocycles. The minimum Gasteiger partial charge on any atom is -0.481 e. The molecule has 1 aromatic carbocycles. The van der Waals surface area contributed by atoms with Crippen LogP contribution in [0.15, 0.2) is 18.2 Å². The minimum atomic E-state index is -0.700. The van der Waals surface area contributed by atoms with Gasteiger partial charge in [0, 0.05) is 11.6 Å². The minimum absolute atomic E-state index is 0.0729. The average molecular weight is 328 g/mol. The average Bonchev–Trinajstić information content (AvgIpc) is 2.47. The molecule has 0 fully saturated rings. The summed E-state index contributed by atoms with van der Waals surface area (Å²) in [5.41, 5.74) is 0.848. The largest absolute Gasteiger partial charge is 0.481 e. The lowest BCUT2D eigenvalue weighted by molar-refractivity contribution is -0.151. The van der Waals surface area contributed by atoms with E-state index in [9.17, 15) is 9.59 Å². The summed E-state index contributed by atoms with van der Waals surface area (Å²) in [6.07, 6.45) is -0.700. The number of amides is 1. The van der Waals surface area contributed by atoms with Gasteiger partial charge in [0.25, 0.3) is 5.91 Å². The first-order valence-corrected chi connectivity index (χ1v) is 7.64. The molecule has 22 heavy (non-hydrogen) atoms. The lowest BCUT2D eigenvalue weighted by atomic mass is 10.2. The number of halogens is 1. The third-order valence-electron chi connectivity index (χ3n) is 3.11. The Bertz CT molecular complexity index is 533. The Kier molecular flexibility index (Phi) is 7.18. The number of rotatable bonds is 7. The van der Waals surface area contributed by atoms with Gasteiger partial charge in [-0.25, -0.2) is 0 Å². The number of nitrogens with zero attached hydrogens (tertiary/aromatic N) is 1. The molecule has 6 heteroatoms. The highest BCUT2D eigenvalue weighted by Crippen LogP contribution is 2.23. The Labute approximate surface area is 136 Å². The van der Waals surface area contributed by atoms with E-state index in [1.807, 2.05) is 6.92 Å². The van der Waals surface area contributed by atoms with Gasteiger partial charge < -0.3 is 14.4 Å². The maximum atomic E-state index is 12.4. The summed E-state index contributed by atoms with van der Waals surface area (Å²) in [6.45, 7) is 7.67. The fourth-order valence-corrected chi connectivity index (χ4v) is 2.18. The van der Waals surface area contributed by atoms with Gasteiger partial charge in [-0.1, -0.05) is 11.6 Å². The normalized spacial score (nSPS) is 11.7. The summed E-state index contributed by atoms with van der Waals surface area (Å²) >= 11 is 5.89. The Morgan fingerprint density at radius 3 is 2.55 bits per heavy atom. The molecule has 0 radical (unpaired) electrons. The molecule has 0 bridgehead atoms. The quantitative estimate of drug-likeness (QED) is 0.723. The molecule has 1 amide bonds. The molecular formula is C16H22ClNO4. The highest BCUT2D eigenvalue weighted by atomic mass is 35.5. The zero-order chi connectivity index (χ0) is 16.7. The van der Waals surface area contributed by atoms with E-state index in [0.717, 1.165) is 5.56 Å². The van der Waals surface area contributed by atoms with Crippen LogP contribution in [0.5, 0.6) is 5.75 Å². The molecule has 5 nitrogen and oxygen atoms in total. The third kappa shape index (κ3) is 5.22. The second kappa shape index (κ2) is 8.63. The molecule has 0 saturated carbocycles. The number of aryl methyl sites for hydroxylation is 1. The van der Waals surface area contributed by atoms with Crippen molar-refractivity contribution in [1.29, 1.82) is 0 Å². The Hall–Kier alpha value is -1.75. The number of esters is 1. The van der Waals surface area contributed by atoms with Gasteiger partial charge in [-0.3, -0.25) is 9.59 Å². The summed E-state index contributed by atoms with van der Waals surface area (Å²) in [5, 5.41) is 0.612. The Balaban J connectivity index is 2.71. The van der Waals surface area contributed by atoms with Crippen molar-refractivity contribution in [2.24, 2.45) is 0 Å². The monoisotopic (exact) mass is 327 g/mol. The van der Waals surface area contributed by atoms with E-state index in [1.165, 1.54) is 4.90 Å². The molecule has 0 N–H and O–H groups in total. The van der Waals surface area contributed by atoms with Gasteiger partial charge in [0.1, 0.15) is 12.3 Å². The van der Waals surface area contributed by atoms with Crippen LogP contribution in [0.25, 0.3) is 0 Å². The first-order chi connectivity index (χ1) is 10.4. The first kappa shape index (κ1) is 18.3. The summed E-state index contributed by atoms with van der Waals surface area (Å²) < 4.78 is 10.6.